The van der Waals surface area contributed by atoms with Crippen molar-refractivity contribution < 1.29 is 0 Å². The molecule has 2 aromatic heterocycles. The van der Waals surface area contributed by atoms with E-state index in [1.807, 2.05) is 24.5 Å². The lowest BCUT2D eigenvalue weighted by Gasteiger charge is -2.16. The fourth-order valence-electron chi connectivity index (χ4n) is 3.07. The van der Waals surface area contributed by atoms with E-state index < -0.39 is 0 Å². The standard InChI is InChI=1S/C22H16Br2N2/c23-17-9-5-15(6-10-17)21(19-3-1-13-25-19)22(20-4-2-14-26-20)16-7-11-18(24)12-8-16/h1-14,25-26H/b22-21-. The normalized spacial score (nSPS) is 12.1. The summed E-state index contributed by atoms with van der Waals surface area (Å²) in [4.78, 5) is 6.76. The molecule has 2 N–H and O–H groups in total. The average molecular weight is 468 g/mol. The van der Waals surface area contributed by atoms with Gasteiger partial charge in [0.25, 0.3) is 0 Å². The Morgan fingerprint density at radius 2 is 0.923 bits per heavy atom. The van der Waals surface area contributed by atoms with E-state index in [9.17, 15) is 0 Å². The second-order valence-electron chi connectivity index (χ2n) is 5.93. The van der Waals surface area contributed by atoms with E-state index in [-0.39, 0.29) is 0 Å². The molecule has 0 bridgehead atoms. The highest BCUT2D eigenvalue weighted by atomic mass is 79.9. The lowest BCUT2D eigenvalue weighted by molar-refractivity contribution is 1.32. The third-order valence-corrected chi connectivity index (χ3v) is 5.31. The van der Waals surface area contributed by atoms with Crippen LogP contribution < -0.4 is 0 Å². The van der Waals surface area contributed by atoms with Crippen LogP contribution in [-0.4, -0.2) is 9.97 Å². The molecule has 0 fully saturated rings. The molecule has 0 amide bonds. The van der Waals surface area contributed by atoms with Crippen molar-refractivity contribution in [3.05, 3.63) is 117 Å². The summed E-state index contributed by atoms with van der Waals surface area (Å²) >= 11 is 7.07. The molecule has 0 aliphatic carbocycles. The lowest BCUT2D eigenvalue weighted by atomic mass is 9.90. The molecule has 2 heterocycles. The third-order valence-electron chi connectivity index (χ3n) is 4.25. The van der Waals surface area contributed by atoms with Crippen molar-refractivity contribution in [2.24, 2.45) is 0 Å². The Morgan fingerprint density at radius 1 is 0.538 bits per heavy atom. The molecule has 0 unspecified atom stereocenters. The maximum absolute atomic E-state index is 3.54. The van der Waals surface area contributed by atoms with Gasteiger partial charge in [0.05, 0.1) is 0 Å². The first-order valence-corrected chi connectivity index (χ1v) is 9.84. The number of benzene rings is 2. The van der Waals surface area contributed by atoms with Crippen molar-refractivity contribution in [2.75, 3.05) is 0 Å². The van der Waals surface area contributed by atoms with E-state index in [2.05, 4.69) is 102 Å². The van der Waals surface area contributed by atoms with Gasteiger partial charge in [-0.3, -0.25) is 0 Å². The van der Waals surface area contributed by atoms with E-state index in [1.165, 1.54) is 0 Å². The lowest BCUT2D eigenvalue weighted by Crippen LogP contribution is -1.98. The minimum absolute atomic E-state index is 1.07. The molecule has 4 aromatic rings. The Hall–Kier alpha value is -2.30. The summed E-state index contributed by atoms with van der Waals surface area (Å²) in [5.41, 5.74) is 6.80. The molecule has 2 nitrogen and oxygen atoms in total. The van der Waals surface area contributed by atoms with Gasteiger partial charge in [-0.1, -0.05) is 56.1 Å². The molecule has 0 spiro atoms. The van der Waals surface area contributed by atoms with E-state index in [0.29, 0.717) is 0 Å². The van der Waals surface area contributed by atoms with Crippen LogP contribution in [0.1, 0.15) is 22.5 Å². The van der Waals surface area contributed by atoms with Gasteiger partial charge in [-0.05, 0) is 59.7 Å². The molecule has 0 saturated carbocycles. The number of rotatable bonds is 4. The zero-order valence-corrected chi connectivity index (χ0v) is 17.0. The van der Waals surface area contributed by atoms with Crippen molar-refractivity contribution in [2.45, 2.75) is 0 Å². The van der Waals surface area contributed by atoms with E-state index in [4.69, 9.17) is 0 Å². The fourth-order valence-corrected chi connectivity index (χ4v) is 3.60. The number of halogens is 2. The molecule has 0 atom stereocenters. The summed E-state index contributed by atoms with van der Waals surface area (Å²) in [6, 6.07) is 25.1. The van der Waals surface area contributed by atoms with Crippen molar-refractivity contribution in [3.63, 3.8) is 0 Å². The van der Waals surface area contributed by atoms with Crippen molar-refractivity contribution >= 4 is 43.0 Å². The Labute approximate surface area is 169 Å². The topological polar surface area (TPSA) is 31.6 Å². The molecular formula is C22H16Br2N2. The molecular weight excluding hydrogens is 452 g/mol. The molecule has 128 valence electrons. The first-order valence-electron chi connectivity index (χ1n) is 8.26. The number of hydrogen-bond donors (Lipinski definition) is 2. The summed E-state index contributed by atoms with van der Waals surface area (Å²) < 4.78 is 2.13. The maximum atomic E-state index is 3.54. The molecule has 26 heavy (non-hydrogen) atoms. The van der Waals surface area contributed by atoms with Crippen LogP contribution in [0.4, 0.5) is 0 Å². The highest BCUT2D eigenvalue weighted by Gasteiger charge is 2.17. The monoisotopic (exact) mass is 466 g/mol. The molecule has 4 rings (SSSR count). The van der Waals surface area contributed by atoms with Crippen molar-refractivity contribution in [3.8, 4) is 0 Å². The highest BCUT2D eigenvalue weighted by Crippen LogP contribution is 2.36. The van der Waals surface area contributed by atoms with Crippen LogP contribution in [0, 0.1) is 0 Å². The zero-order valence-electron chi connectivity index (χ0n) is 13.8. The minimum atomic E-state index is 1.07. The first kappa shape index (κ1) is 17.1. The van der Waals surface area contributed by atoms with Crippen LogP contribution in [0.2, 0.25) is 0 Å². The van der Waals surface area contributed by atoms with Gasteiger partial charge >= 0.3 is 0 Å². The largest absolute Gasteiger partial charge is 0.361 e. The Balaban J connectivity index is 2.04. The third kappa shape index (κ3) is 3.48. The van der Waals surface area contributed by atoms with Gasteiger partial charge in [0.2, 0.25) is 0 Å². The second-order valence-corrected chi connectivity index (χ2v) is 7.76. The molecule has 2 aromatic carbocycles. The van der Waals surface area contributed by atoms with Crippen LogP contribution in [0.3, 0.4) is 0 Å². The minimum Gasteiger partial charge on any atom is -0.361 e. The van der Waals surface area contributed by atoms with E-state index in [0.717, 1.165) is 42.6 Å². The van der Waals surface area contributed by atoms with Gasteiger partial charge in [0.15, 0.2) is 0 Å². The summed E-state index contributed by atoms with van der Waals surface area (Å²) in [5.74, 6) is 0. The van der Waals surface area contributed by atoms with Gasteiger partial charge in [-0.2, -0.15) is 0 Å². The van der Waals surface area contributed by atoms with E-state index >= 15 is 0 Å². The smallest absolute Gasteiger partial charge is 0.0467 e. The number of aromatic nitrogens is 2. The summed E-state index contributed by atoms with van der Waals surface area (Å²) in [6.45, 7) is 0. The molecule has 0 radical (unpaired) electrons. The Bertz CT molecular complexity index is 925. The Kier molecular flexibility index (Phi) is 4.96. The second kappa shape index (κ2) is 7.52. The van der Waals surface area contributed by atoms with Gasteiger partial charge in [0.1, 0.15) is 0 Å². The first-order chi connectivity index (χ1) is 12.7. The van der Waals surface area contributed by atoms with Gasteiger partial charge in [0, 0.05) is 43.9 Å². The van der Waals surface area contributed by atoms with Gasteiger partial charge in [-0.15, -0.1) is 0 Å². The quantitative estimate of drug-likeness (QED) is 0.307. The van der Waals surface area contributed by atoms with Crippen LogP contribution in [0.5, 0.6) is 0 Å². The van der Waals surface area contributed by atoms with Gasteiger partial charge < -0.3 is 9.97 Å². The molecule has 0 aliphatic heterocycles. The van der Waals surface area contributed by atoms with Crippen molar-refractivity contribution in [1.82, 2.24) is 9.97 Å². The number of hydrogen-bond acceptors (Lipinski definition) is 0. The molecule has 0 aliphatic rings. The molecule has 4 heteroatoms. The summed E-state index contributed by atoms with van der Waals surface area (Å²) in [5, 5.41) is 0. The number of aromatic amines is 2. The van der Waals surface area contributed by atoms with Crippen LogP contribution in [0.15, 0.2) is 94.1 Å². The molecule has 0 saturated heterocycles. The van der Waals surface area contributed by atoms with Crippen LogP contribution >= 0.6 is 31.9 Å². The fraction of sp³-hybridized carbons (Fsp3) is 0. The van der Waals surface area contributed by atoms with Crippen LogP contribution in [0.25, 0.3) is 11.1 Å². The van der Waals surface area contributed by atoms with Crippen LogP contribution in [-0.2, 0) is 0 Å². The maximum Gasteiger partial charge on any atom is 0.0467 e. The predicted octanol–water partition coefficient (Wildman–Crippen LogP) is 6.88. The van der Waals surface area contributed by atoms with E-state index in [1.54, 1.807) is 0 Å². The number of nitrogens with one attached hydrogen (secondary N) is 2. The van der Waals surface area contributed by atoms with Gasteiger partial charge in [-0.25, -0.2) is 0 Å². The van der Waals surface area contributed by atoms with Crippen molar-refractivity contribution in [1.29, 1.82) is 0 Å². The number of H-pyrrole nitrogens is 2. The average Bonchev–Trinajstić information content (AvgIpc) is 3.36. The highest BCUT2D eigenvalue weighted by molar-refractivity contribution is 9.10. The predicted molar refractivity (Wildman–Crippen MR) is 115 cm³/mol. The zero-order chi connectivity index (χ0) is 17.9. The SMILES string of the molecule is Brc1ccc(/C(=C(\c2ccc(Br)cc2)c2ccc[nH]2)c2ccc[nH]2)cc1. The summed E-state index contributed by atoms with van der Waals surface area (Å²) in [6.07, 6.45) is 3.92. The Morgan fingerprint density at radius 3 is 1.23 bits per heavy atom. The summed E-state index contributed by atoms with van der Waals surface area (Å²) in [7, 11) is 0.